The maximum Gasteiger partial charge on any atom is 0.422 e. The summed E-state index contributed by atoms with van der Waals surface area (Å²) in [5.74, 6) is 1.35. The topological polar surface area (TPSA) is 98.1 Å². The van der Waals surface area contributed by atoms with E-state index < -0.39 is 12.8 Å². The fraction of sp³-hybridized carbons (Fsp3) is 0.525. The first-order chi connectivity index (χ1) is 26.0. The number of carbonyl (C=O) groups excluding carboxylic acids is 1. The third-order valence-corrected chi connectivity index (χ3v) is 12.5. The number of halogens is 3. The van der Waals surface area contributed by atoms with Crippen LogP contribution in [-0.4, -0.2) is 113 Å². The summed E-state index contributed by atoms with van der Waals surface area (Å²) in [6, 6.07) is 6.01. The number of carbonyl (C=O) groups is 1. The number of rotatable bonds is 9. The summed E-state index contributed by atoms with van der Waals surface area (Å²) >= 11 is 0. The molecule has 0 radical (unpaired) electrons. The van der Waals surface area contributed by atoms with E-state index in [0.29, 0.717) is 74.0 Å². The Hall–Kier alpha value is -4.90. The van der Waals surface area contributed by atoms with Crippen molar-refractivity contribution in [1.82, 2.24) is 30.0 Å². The summed E-state index contributed by atoms with van der Waals surface area (Å²) < 4.78 is 48.4. The number of aromatic nitrogens is 4. The van der Waals surface area contributed by atoms with Crippen LogP contribution < -0.4 is 14.5 Å². The van der Waals surface area contributed by atoms with Gasteiger partial charge in [0, 0.05) is 61.0 Å². The highest BCUT2D eigenvalue weighted by Crippen LogP contribution is 2.53. The number of hydrogen-bond acceptors (Lipinski definition) is 8. The lowest BCUT2D eigenvalue weighted by Gasteiger charge is -2.54. The van der Waals surface area contributed by atoms with Gasteiger partial charge in [0.25, 0.3) is 0 Å². The molecule has 0 bridgehead atoms. The lowest BCUT2D eigenvalue weighted by Crippen LogP contribution is -2.71. The SMILES string of the molecule is [C-]#[N+]CC1(N2CCCC2)CN(c2nc(N3CCC4(CC3)CN(C(=O)C=C)C4)c3cc(C4CC4)c(-c4c(C)ccc5[nH]ncc45)c(OCC(F)(F)F)c3n2)C1. The van der Waals surface area contributed by atoms with E-state index in [1.54, 1.807) is 6.20 Å². The molecule has 2 aromatic heterocycles. The molecule has 1 amide bonds. The van der Waals surface area contributed by atoms with Crippen LogP contribution in [-0.2, 0) is 4.79 Å². The molecule has 1 saturated carbocycles. The Morgan fingerprint density at radius 3 is 2.46 bits per heavy atom. The van der Waals surface area contributed by atoms with E-state index in [-0.39, 0.29) is 28.5 Å². The molecule has 4 aliphatic heterocycles. The van der Waals surface area contributed by atoms with Gasteiger partial charge in [0.2, 0.25) is 18.4 Å². The smallest absolute Gasteiger partial charge is 0.422 e. The lowest BCUT2D eigenvalue weighted by molar-refractivity contribution is -0.153. The van der Waals surface area contributed by atoms with Crippen molar-refractivity contribution in [2.45, 2.75) is 63.1 Å². The number of aryl methyl sites for hydroxylation is 1. The molecule has 9 rings (SSSR count). The predicted molar refractivity (Wildman–Crippen MR) is 201 cm³/mol. The molecule has 1 spiro atoms. The van der Waals surface area contributed by atoms with Crippen LogP contribution in [0, 0.1) is 18.9 Å². The molecule has 11 nitrogen and oxygen atoms in total. The molecular formula is C40H44F3N9O2. The molecule has 1 aliphatic carbocycles. The lowest BCUT2D eigenvalue weighted by atomic mass is 9.72. The van der Waals surface area contributed by atoms with Crippen molar-refractivity contribution in [3.8, 4) is 16.9 Å². The normalized spacial score (nSPS) is 21.0. The zero-order valence-corrected chi connectivity index (χ0v) is 30.5. The van der Waals surface area contributed by atoms with Crippen molar-refractivity contribution in [1.29, 1.82) is 0 Å². The molecule has 6 heterocycles. The fourth-order valence-electron chi connectivity index (χ4n) is 9.44. The first-order valence-corrected chi connectivity index (χ1v) is 19.0. The van der Waals surface area contributed by atoms with Crippen LogP contribution in [0.2, 0.25) is 0 Å². The third-order valence-electron chi connectivity index (χ3n) is 12.5. The summed E-state index contributed by atoms with van der Waals surface area (Å²) in [6.45, 7) is 18.0. The van der Waals surface area contributed by atoms with Gasteiger partial charge in [-0.2, -0.15) is 23.3 Å². The highest BCUT2D eigenvalue weighted by Gasteiger charge is 2.53. The number of aromatic amines is 1. The Balaban J connectivity index is 1.20. The van der Waals surface area contributed by atoms with E-state index in [1.165, 1.54) is 6.08 Å². The van der Waals surface area contributed by atoms with Crippen LogP contribution in [0.25, 0.3) is 37.8 Å². The summed E-state index contributed by atoms with van der Waals surface area (Å²) in [7, 11) is 0. The number of hydrogen-bond donors (Lipinski definition) is 1. The van der Waals surface area contributed by atoms with Gasteiger partial charge in [0.05, 0.1) is 11.7 Å². The highest BCUT2D eigenvalue weighted by atomic mass is 19.4. The van der Waals surface area contributed by atoms with E-state index in [0.717, 1.165) is 79.2 Å². The van der Waals surface area contributed by atoms with Crippen LogP contribution in [0.4, 0.5) is 24.9 Å². The average Bonchev–Trinajstić information content (AvgIpc) is 3.59. The minimum atomic E-state index is -4.58. The number of nitrogens with zero attached hydrogens (tertiary/aromatic N) is 8. The molecule has 14 heteroatoms. The third kappa shape index (κ3) is 5.91. The van der Waals surface area contributed by atoms with Gasteiger partial charge in [-0.1, -0.05) is 12.6 Å². The van der Waals surface area contributed by atoms with Gasteiger partial charge in [-0.05, 0) is 99.4 Å². The molecule has 4 saturated heterocycles. The van der Waals surface area contributed by atoms with Crippen LogP contribution in [0.15, 0.2) is 37.1 Å². The molecule has 54 heavy (non-hydrogen) atoms. The number of fused-ring (bicyclic) bond motifs is 2. The second-order valence-electron chi connectivity index (χ2n) is 16.2. The molecular weight excluding hydrogens is 695 g/mol. The summed E-state index contributed by atoms with van der Waals surface area (Å²) in [5, 5.41) is 8.82. The zero-order valence-electron chi connectivity index (χ0n) is 30.5. The van der Waals surface area contributed by atoms with E-state index in [1.807, 2.05) is 24.0 Å². The van der Waals surface area contributed by atoms with E-state index in [9.17, 15) is 18.0 Å². The number of H-pyrrole nitrogens is 1. The largest absolute Gasteiger partial charge is 0.481 e. The van der Waals surface area contributed by atoms with Crippen LogP contribution in [0.5, 0.6) is 5.75 Å². The monoisotopic (exact) mass is 739 g/mol. The number of anilines is 2. The Morgan fingerprint density at radius 2 is 1.80 bits per heavy atom. The van der Waals surface area contributed by atoms with E-state index >= 15 is 0 Å². The fourth-order valence-corrected chi connectivity index (χ4v) is 9.44. The first-order valence-electron chi connectivity index (χ1n) is 19.0. The van der Waals surface area contributed by atoms with E-state index in [4.69, 9.17) is 21.3 Å². The van der Waals surface area contributed by atoms with Crippen molar-refractivity contribution in [3.05, 3.63) is 59.6 Å². The maximum absolute atomic E-state index is 14.1. The Morgan fingerprint density at radius 1 is 1.06 bits per heavy atom. The highest BCUT2D eigenvalue weighted by molar-refractivity contribution is 6.06. The molecule has 1 N–H and O–H groups in total. The second-order valence-corrected chi connectivity index (χ2v) is 16.2. The molecule has 2 aromatic carbocycles. The standard InChI is InChI=1S/C40H44F3N9O2/c1-4-31(53)50-20-38(21-50)11-15-49(16-12-38)36-28-17-27(26-8-9-26)33(32-25(2)7-10-30-29(32)18-45-48-30)35(54-24-40(41,42)43)34(28)46-37(47-36)51-22-39(23-51,19-44-3)52-13-5-6-14-52/h4,7,10,17-18,26H,1,5-6,8-9,11-16,19-24H2,2H3,(H,45,48). The van der Waals surface area contributed by atoms with Crippen molar-refractivity contribution in [2.24, 2.45) is 5.41 Å². The van der Waals surface area contributed by atoms with Crippen molar-refractivity contribution in [3.63, 3.8) is 0 Å². The van der Waals surface area contributed by atoms with Crippen molar-refractivity contribution in [2.75, 3.05) is 75.3 Å². The van der Waals surface area contributed by atoms with Gasteiger partial charge in [-0.3, -0.25) is 14.8 Å². The molecule has 282 valence electrons. The Kier molecular flexibility index (Phi) is 8.30. The second kappa shape index (κ2) is 12.9. The van der Waals surface area contributed by atoms with Crippen LogP contribution >= 0.6 is 0 Å². The van der Waals surface area contributed by atoms with Gasteiger partial charge >= 0.3 is 6.18 Å². The molecule has 5 aliphatic rings. The quantitative estimate of drug-likeness (QED) is 0.154. The predicted octanol–water partition coefficient (Wildman–Crippen LogP) is 6.49. The van der Waals surface area contributed by atoms with Gasteiger partial charge in [0.15, 0.2) is 12.4 Å². The first kappa shape index (κ1) is 34.8. The minimum absolute atomic E-state index is 0.0293. The van der Waals surface area contributed by atoms with Crippen LogP contribution in [0.3, 0.4) is 0 Å². The van der Waals surface area contributed by atoms with Gasteiger partial charge in [-0.25, -0.2) is 11.6 Å². The number of ether oxygens (including phenoxy) is 1. The summed E-state index contributed by atoms with van der Waals surface area (Å²) in [4.78, 5) is 35.1. The summed E-state index contributed by atoms with van der Waals surface area (Å²) in [6.07, 6.45) is 4.27. The molecule has 5 fully saturated rings. The number of benzene rings is 2. The van der Waals surface area contributed by atoms with Crippen LogP contribution in [0.1, 0.15) is 55.6 Å². The van der Waals surface area contributed by atoms with Gasteiger partial charge in [-0.15, -0.1) is 0 Å². The average molecular weight is 740 g/mol. The number of alkyl halides is 3. The van der Waals surface area contributed by atoms with Crippen molar-refractivity contribution < 1.29 is 22.7 Å². The molecule has 4 aromatic rings. The molecule has 0 atom stereocenters. The van der Waals surface area contributed by atoms with Crippen molar-refractivity contribution >= 4 is 39.5 Å². The molecule has 0 unspecified atom stereocenters. The zero-order chi connectivity index (χ0) is 37.4. The number of piperidine rings is 1. The number of likely N-dealkylation sites (tertiary alicyclic amines) is 2. The van der Waals surface area contributed by atoms with E-state index in [2.05, 4.69) is 42.4 Å². The van der Waals surface area contributed by atoms with Gasteiger partial charge in [0.1, 0.15) is 16.9 Å². The summed E-state index contributed by atoms with van der Waals surface area (Å²) in [5.41, 5.74) is 4.13. The number of nitrogens with one attached hydrogen (secondary N) is 1. The number of amides is 1. The maximum atomic E-state index is 14.1. The minimum Gasteiger partial charge on any atom is -0.481 e. The Labute approximate surface area is 312 Å². The van der Waals surface area contributed by atoms with Gasteiger partial charge < -0.3 is 24.3 Å². The Bertz CT molecular complexity index is 2180.